The number of fused-ring (bicyclic) bond motifs is 1. The largest absolute Gasteiger partial charge is 0.495 e. The van der Waals surface area contributed by atoms with E-state index in [4.69, 9.17) is 10.5 Å². The van der Waals surface area contributed by atoms with Crippen LogP contribution in [0.2, 0.25) is 0 Å². The highest BCUT2D eigenvalue weighted by atomic mass is 16.5. The summed E-state index contributed by atoms with van der Waals surface area (Å²) in [5.74, 6) is 0.840. The summed E-state index contributed by atoms with van der Waals surface area (Å²) in [4.78, 5) is 22.1. The van der Waals surface area contributed by atoms with E-state index >= 15 is 0 Å². The smallest absolute Gasteiger partial charge is 0.322 e. The lowest BCUT2D eigenvalue weighted by Crippen LogP contribution is -2.30. The molecule has 3 rings (SSSR count). The van der Waals surface area contributed by atoms with E-state index in [1.165, 1.54) is 0 Å². The van der Waals surface area contributed by atoms with Crippen LogP contribution in [-0.4, -0.2) is 28.0 Å². The van der Waals surface area contributed by atoms with Gasteiger partial charge < -0.3 is 20.7 Å². The van der Waals surface area contributed by atoms with Gasteiger partial charge in [-0.2, -0.15) is 0 Å². The van der Waals surface area contributed by atoms with Gasteiger partial charge in [-0.05, 0) is 12.1 Å². The molecule has 108 valence electrons. The number of amides is 2. The third-order valence-electron chi connectivity index (χ3n) is 3.31. The van der Waals surface area contributed by atoms with E-state index in [2.05, 4.69) is 15.3 Å². The van der Waals surface area contributed by atoms with E-state index in [-0.39, 0.29) is 12.0 Å². The third kappa shape index (κ3) is 2.58. The van der Waals surface area contributed by atoms with E-state index in [1.807, 2.05) is 12.1 Å². The van der Waals surface area contributed by atoms with Crippen molar-refractivity contribution in [3.63, 3.8) is 0 Å². The number of anilines is 2. The molecule has 0 atom stereocenters. The Bertz CT molecular complexity index is 689. The summed E-state index contributed by atoms with van der Waals surface area (Å²) in [5.41, 5.74) is 7.89. The number of nitrogens with one attached hydrogen (secondary N) is 1. The summed E-state index contributed by atoms with van der Waals surface area (Å²) in [6.45, 7) is 0.889. The van der Waals surface area contributed by atoms with Gasteiger partial charge in [-0.3, -0.25) is 0 Å². The number of para-hydroxylation sites is 2. The standard InChI is InChI=1S/C14H15N5O2/c1-21-12-5-3-2-4-10(12)18-14(20)19-7-9-6-16-13(15)17-11(9)8-19/h2-6H,7-8H2,1H3,(H,18,20)(H2,15,16,17). The Hall–Kier alpha value is -2.83. The summed E-state index contributed by atoms with van der Waals surface area (Å²) >= 11 is 0. The predicted molar refractivity (Wildman–Crippen MR) is 77.7 cm³/mol. The zero-order valence-electron chi connectivity index (χ0n) is 11.5. The lowest BCUT2D eigenvalue weighted by atomic mass is 10.3. The maximum absolute atomic E-state index is 12.3. The van der Waals surface area contributed by atoms with Gasteiger partial charge >= 0.3 is 6.03 Å². The number of hydrogen-bond acceptors (Lipinski definition) is 5. The monoisotopic (exact) mass is 285 g/mol. The molecule has 0 fully saturated rings. The molecule has 1 aliphatic heterocycles. The molecule has 3 N–H and O–H groups in total. The molecule has 7 heteroatoms. The quantitative estimate of drug-likeness (QED) is 0.874. The Labute approximate surface area is 121 Å². The minimum absolute atomic E-state index is 0.212. The fraction of sp³-hybridized carbons (Fsp3) is 0.214. The van der Waals surface area contributed by atoms with Gasteiger partial charge in [-0.1, -0.05) is 12.1 Å². The number of ether oxygens (including phenoxy) is 1. The van der Waals surface area contributed by atoms with E-state index in [0.29, 0.717) is 24.5 Å². The Kier molecular flexibility index (Phi) is 3.31. The highest BCUT2D eigenvalue weighted by Crippen LogP contribution is 2.25. The average Bonchev–Trinajstić information content (AvgIpc) is 2.91. The number of carbonyl (C=O) groups is 1. The topological polar surface area (TPSA) is 93.4 Å². The molecule has 2 heterocycles. The van der Waals surface area contributed by atoms with Crippen molar-refractivity contribution in [2.45, 2.75) is 13.1 Å². The lowest BCUT2D eigenvalue weighted by molar-refractivity contribution is 0.212. The van der Waals surface area contributed by atoms with E-state index in [9.17, 15) is 4.79 Å². The normalized spacial score (nSPS) is 12.9. The lowest BCUT2D eigenvalue weighted by Gasteiger charge is -2.17. The van der Waals surface area contributed by atoms with Gasteiger partial charge in [0, 0.05) is 11.8 Å². The molecule has 0 saturated carbocycles. The van der Waals surface area contributed by atoms with Gasteiger partial charge in [-0.15, -0.1) is 0 Å². The molecule has 21 heavy (non-hydrogen) atoms. The maximum Gasteiger partial charge on any atom is 0.322 e. The van der Waals surface area contributed by atoms with Gasteiger partial charge in [0.1, 0.15) is 5.75 Å². The Morgan fingerprint density at radius 3 is 3.00 bits per heavy atom. The predicted octanol–water partition coefficient (Wildman–Crippen LogP) is 1.62. The molecule has 1 aliphatic rings. The molecule has 2 amide bonds. The van der Waals surface area contributed by atoms with Crippen LogP contribution in [0.5, 0.6) is 5.75 Å². The summed E-state index contributed by atoms with van der Waals surface area (Å²) in [5, 5.41) is 2.84. The van der Waals surface area contributed by atoms with Crippen LogP contribution in [0.4, 0.5) is 16.4 Å². The van der Waals surface area contributed by atoms with Crippen molar-refractivity contribution >= 4 is 17.7 Å². The molecule has 0 radical (unpaired) electrons. The molecular formula is C14H15N5O2. The van der Waals surface area contributed by atoms with Crippen LogP contribution >= 0.6 is 0 Å². The van der Waals surface area contributed by atoms with Crippen LogP contribution in [0.25, 0.3) is 0 Å². The molecule has 7 nitrogen and oxygen atoms in total. The first-order chi connectivity index (χ1) is 10.2. The minimum atomic E-state index is -0.212. The number of carbonyl (C=O) groups excluding carboxylic acids is 1. The molecule has 0 unspecified atom stereocenters. The summed E-state index contributed by atoms with van der Waals surface area (Å²) in [7, 11) is 1.56. The number of methoxy groups -OCH3 is 1. The second-order valence-electron chi connectivity index (χ2n) is 4.69. The second kappa shape index (κ2) is 5.28. The van der Waals surface area contributed by atoms with Gasteiger partial charge in [0.25, 0.3) is 0 Å². The van der Waals surface area contributed by atoms with Crippen molar-refractivity contribution in [3.05, 3.63) is 41.7 Å². The van der Waals surface area contributed by atoms with Crippen molar-refractivity contribution in [3.8, 4) is 5.75 Å². The Morgan fingerprint density at radius 2 is 2.19 bits per heavy atom. The van der Waals surface area contributed by atoms with E-state index < -0.39 is 0 Å². The number of nitrogens with two attached hydrogens (primary N) is 1. The van der Waals surface area contributed by atoms with Gasteiger partial charge in [0.2, 0.25) is 5.95 Å². The number of hydrogen-bond donors (Lipinski definition) is 2. The van der Waals surface area contributed by atoms with Crippen molar-refractivity contribution in [2.75, 3.05) is 18.2 Å². The molecule has 1 aromatic carbocycles. The zero-order valence-corrected chi connectivity index (χ0v) is 11.5. The highest BCUT2D eigenvalue weighted by molar-refractivity contribution is 5.91. The Morgan fingerprint density at radius 1 is 1.38 bits per heavy atom. The summed E-state index contributed by atoms with van der Waals surface area (Å²) in [6.07, 6.45) is 1.66. The van der Waals surface area contributed by atoms with Crippen molar-refractivity contribution < 1.29 is 9.53 Å². The molecule has 0 aliphatic carbocycles. The van der Waals surface area contributed by atoms with Crippen LogP contribution in [0.15, 0.2) is 30.5 Å². The number of urea groups is 1. The van der Waals surface area contributed by atoms with E-state index in [1.54, 1.807) is 30.3 Å². The highest BCUT2D eigenvalue weighted by Gasteiger charge is 2.25. The average molecular weight is 285 g/mol. The zero-order chi connectivity index (χ0) is 14.8. The SMILES string of the molecule is COc1ccccc1NC(=O)N1Cc2cnc(N)nc2C1. The fourth-order valence-corrected chi connectivity index (χ4v) is 2.25. The first-order valence-electron chi connectivity index (χ1n) is 6.46. The second-order valence-corrected chi connectivity index (χ2v) is 4.69. The van der Waals surface area contributed by atoms with Crippen molar-refractivity contribution in [1.82, 2.24) is 14.9 Å². The molecule has 0 spiro atoms. The molecular weight excluding hydrogens is 270 g/mol. The number of benzene rings is 1. The molecule has 0 saturated heterocycles. The van der Waals surface area contributed by atoms with Crippen LogP contribution in [0, 0.1) is 0 Å². The van der Waals surface area contributed by atoms with Crippen LogP contribution in [0.3, 0.4) is 0 Å². The van der Waals surface area contributed by atoms with Crippen molar-refractivity contribution in [2.24, 2.45) is 0 Å². The maximum atomic E-state index is 12.3. The number of nitrogens with zero attached hydrogens (tertiary/aromatic N) is 3. The molecule has 1 aromatic heterocycles. The first kappa shape index (κ1) is 13.2. The molecule has 2 aromatic rings. The minimum Gasteiger partial charge on any atom is -0.495 e. The van der Waals surface area contributed by atoms with Crippen LogP contribution < -0.4 is 15.8 Å². The van der Waals surface area contributed by atoms with Gasteiger partial charge in [-0.25, -0.2) is 14.8 Å². The first-order valence-corrected chi connectivity index (χ1v) is 6.46. The molecule has 0 bridgehead atoms. The third-order valence-corrected chi connectivity index (χ3v) is 3.31. The fourth-order valence-electron chi connectivity index (χ4n) is 2.25. The summed E-state index contributed by atoms with van der Waals surface area (Å²) < 4.78 is 5.21. The van der Waals surface area contributed by atoms with Crippen LogP contribution in [0.1, 0.15) is 11.3 Å². The summed E-state index contributed by atoms with van der Waals surface area (Å²) in [6, 6.07) is 7.05. The van der Waals surface area contributed by atoms with Gasteiger partial charge in [0.15, 0.2) is 0 Å². The number of aromatic nitrogens is 2. The number of rotatable bonds is 2. The Balaban J connectivity index is 1.73. The number of nitrogen functional groups attached to an aromatic ring is 1. The van der Waals surface area contributed by atoms with Gasteiger partial charge in [0.05, 0.1) is 31.6 Å². The van der Waals surface area contributed by atoms with Crippen molar-refractivity contribution in [1.29, 1.82) is 0 Å². The van der Waals surface area contributed by atoms with Crippen LogP contribution in [-0.2, 0) is 13.1 Å². The van der Waals surface area contributed by atoms with E-state index in [0.717, 1.165) is 11.3 Å².